The Kier molecular flexibility index (Phi) is 4.49. The number of methoxy groups -OCH3 is 1. The molecule has 20 heavy (non-hydrogen) atoms. The number of ether oxygens (including phenoxy) is 1. The molecular weight excluding hydrogens is 278 g/mol. The number of carbonyl (C=O) groups excluding carboxylic acids is 2. The first-order chi connectivity index (χ1) is 9.60. The van der Waals surface area contributed by atoms with Crippen molar-refractivity contribution in [3.05, 3.63) is 10.4 Å². The molecule has 7 heteroatoms. The van der Waals surface area contributed by atoms with Crippen molar-refractivity contribution in [3.63, 3.8) is 0 Å². The average molecular weight is 297 g/mol. The maximum Gasteiger partial charge on any atom is 0.343 e. The SMILES string of the molecule is CCNC(=O)c1sc(N2CCCC2)c(C(=O)OC)c1N. The summed E-state index contributed by atoms with van der Waals surface area (Å²) in [7, 11) is 1.32. The second-order valence-corrected chi connectivity index (χ2v) is 5.57. The molecule has 2 rings (SSSR count). The fourth-order valence-corrected chi connectivity index (χ4v) is 3.46. The molecule has 1 saturated heterocycles. The maximum atomic E-state index is 12.0. The Morgan fingerprint density at radius 2 is 2.05 bits per heavy atom. The highest BCUT2D eigenvalue weighted by Crippen LogP contribution is 2.40. The fraction of sp³-hybridized carbons (Fsp3) is 0.538. The van der Waals surface area contributed by atoms with Crippen LogP contribution >= 0.6 is 11.3 Å². The van der Waals surface area contributed by atoms with Gasteiger partial charge in [0.2, 0.25) is 0 Å². The fourth-order valence-electron chi connectivity index (χ4n) is 2.28. The molecule has 1 fully saturated rings. The van der Waals surface area contributed by atoms with E-state index < -0.39 is 5.97 Å². The lowest BCUT2D eigenvalue weighted by Gasteiger charge is -2.16. The molecule has 3 N–H and O–H groups in total. The lowest BCUT2D eigenvalue weighted by Crippen LogP contribution is -2.22. The lowest BCUT2D eigenvalue weighted by atomic mass is 10.2. The third-order valence-electron chi connectivity index (χ3n) is 3.25. The number of nitrogens with zero attached hydrogens (tertiary/aromatic N) is 1. The van der Waals surface area contributed by atoms with Crippen LogP contribution in [0.25, 0.3) is 0 Å². The molecule has 1 amide bonds. The highest BCUT2D eigenvalue weighted by molar-refractivity contribution is 7.19. The highest BCUT2D eigenvalue weighted by Gasteiger charge is 2.29. The normalized spacial score (nSPS) is 14.4. The van der Waals surface area contributed by atoms with Gasteiger partial charge in [-0.3, -0.25) is 4.79 Å². The zero-order valence-electron chi connectivity index (χ0n) is 11.7. The van der Waals surface area contributed by atoms with Gasteiger partial charge in [-0.25, -0.2) is 4.79 Å². The van der Waals surface area contributed by atoms with Crippen LogP contribution in [0.5, 0.6) is 0 Å². The summed E-state index contributed by atoms with van der Waals surface area (Å²) in [6.07, 6.45) is 2.16. The first-order valence-electron chi connectivity index (χ1n) is 6.63. The summed E-state index contributed by atoms with van der Waals surface area (Å²) < 4.78 is 4.80. The van der Waals surface area contributed by atoms with Gasteiger partial charge in [0.25, 0.3) is 5.91 Å². The Labute approximate surface area is 121 Å². The van der Waals surface area contributed by atoms with Gasteiger partial charge >= 0.3 is 5.97 Å². The number of hydrogen-bond donors (Lipinski definition) is 2. The Balaban J connectivity index is 2.45. The Bertz CT molecular complexity index is 521. The Morgan fingerprint density at radius 3 is 2.60 bits per heavy atom. The van der Waals surface area contributed by atoms with Gasteiger partial charge in [-0.2, -0.15) is 0 Å². The first kappa shape index (κ1) is 14.6. The van der Waals surface area contributed by atoms with Crippen LogP contribution in [0.4, 0.5) is 10.7 Å². The van der Waals surface area contributed by atoms with Gasteiger partial charge in [0.15, 0.2) is 0 Å². The van der Waals surface area contributed by atoms with Crippen LogP contribution in [-0.4, -0.2) is 38.6 Å². The summed E-state index contributed by atoms with van der Waals surface area (Å²) in [4.78, 5) is 26.4. The summed E-state index contributed by atoms with van der Waals surface area (Å²) in [5.41, 5.74) is 6.54. The van der Waals surface area contributed by atoms with Crippen LogP contribution in [-0.2, 0) is 4.74 Å². The molecule has 0 bridgehead atoms. The van der Waals surface area contributed by atoms with Gasteiger partial charge in [0.05, 0.1) is 12.8 Å². The molecule has 6 nitrogen and oxygen atoms in total. The van der Waals surface area contributed by atoms with E-state index in [1.54, 1.807) is 0 Å². The number of nitrogens with two attached hydrogens (primary N) is 1. The Hall–Kier alpha value is -1.76. The van der Waals surface area contributed by atoms with Gasteiger partial charge < -0.3 is 20.7 Å². The minimum absolute atomic E-state index is 0.217. The smallest absolute Gasteiger partial charge is 0.343 e. The molecule has 1 aliphatic heterocycles. The van der Waals surface area contributed by atoms with Crippen LogP contribution in [0, 0.1) is 0 Å². The van der Waals surface area contributed by atoms with Crippen LogP contribution in [0.15, 0.2) is 0 Å². The van der Waals surface area contributed by atoms with Gasteiger partial charge in [-0.15, -0.1) is 11.3 Å². The standard InChI is InChI=1S/C13H19N3O3S/c1-3-15-11(17)10-9(14)8(13(18)19-2)12(20-10)16-6-4-5-7-16/h3-7,14H2,1-2H3,(H,15,17). The number of hydrogen-bond acceptors (Lipinski definition) is 6. The van der Waals surface area contributed by atoms with Gasteiger partial charge in [-0.05, 0) is 19.8 Å². The van der Waals surface area contributed by atoms with Crippen molar-refractivity contribution in [1.82, 2.24) is 5.32 Å². The predicted molar refractivity (Wildman–Crippen MR) is 79.5 cm³/mol. The van der Waals surface area contributed by atoms with E-state index in [0.717, 1.165) is 30.9 Å². The molecule has 0 atom stereocenters. The van der Waals surface area contributed by atoms with Crippen LogP contribution in [0.2, 0.25) is 0 Å². The summed E-state index contributed by atoms with van der Waals surface area (Å²) in [5, 5.41) is 3.46. The monoisotopic (exact) mass is 297 g/mol. The van der Waals surface area contributed by atoms with Crippen molar-refractivity contribution in [2.45, 2.75) is 19.8 Å². The van der Waals surface area contributed by atoms with Crippen molar-refractivity contribution in [2.75, 3.05) is 37.4 Å². The minimum Gasteiger partial charge on any atom is -0.465 e. The van der Waals surface area contributed by atoms with Gasteiger partial charge in [0, 0.05) is 19.6 Å². The quantitative estimate of drug-likeness (QED) is 0.822. The van der Waals surface area contributed by atoms with E-state index >= 15 is 0 Å². The van der Waals surface area contributed by atoms with Gasteiger partial charge in [-0.1, -0.05) is 0 Å². The van der Waals surface area contributed by atoms with Crippen molar-refractivity contribution in [1.29, 1.82) is 0 Å². The number of nitrogen functional groups attached to an aromatic ring is 1. The van der Waals surface area contributed by atoms with E-state index in [1.165, 1.54) is 18.4 Å². The number of anilines is 2. The molecule has 110 valence electrons. The third kappa shape index (κ3) is 2.58. The molecule has 1 aromatic heterocycles. The lowest BCUT2D eigenvalue weighted by molar-refractivity contribution is 0.0603. The first-order valence-corrected chi connectivity index (χ1v) is 7.45. The number of carbonyl (C=O) groups is 2. The topological polar surface area (TPSA) is 84.7 Å². The summed E-state index contributed by atoms with van der Waals surface area (Å²) >= 11 is 1.26. The maximum absolute atomic E-state index is 12.0. The number of esters is 1. The average Bonchev–Trinajstić information content (AvgIpc) is 3.05. The number of nitrogens with one attached hydrogen (secondary N) is 1. The summed E-state index contributed by atoms with van der Waals surface area (Å²) in [6, 6.07) is 0. The molecular formula is C13H19N3O3S. The number of amides is 1. The molecule has 0 unspecified atom stereocenters. The van der Waals surface area contributed by atoms with Gasteiger partial charge in [0.1, 0.15) is 15.4 Å². The van der Waals surface area contributed by atoms with E-state index in [0.29, 0.717) is 17.0 Å². The molecule has 0 radical (unpaired) electrons. The van der Waals surface area contributed by atoms with E-state index in [1.807, 2.05) is 6.92 Å². The second kappa shape index (κ2) is 6.13. The van der Waals surface area contributed by atoms with Crippen LogP contribution in [0.3, 0.4) is 0 Å². The Morgan fingerprint density at radius 1 is 1.40 bits per heavy atom. The van der Waals surface area contributed by atoms with E-state index in [-0.39, 0.29) is 11.6 Å². The van der Waals surface area contributed by atoms with Crippen LogP contribution in [0.1, 0.15) is 39.8 Å². The molecule has 1 aromatic rings. The van der Waals surface area contributed by atoms with Crippen molar-refractivity contribution in [3.8, 4) is 0 Å². The second-order valence-electron chi connectivity index (χ2n) is 4.57. The van der Waals surface area contributed by atoms with E-state index in [2.05, 4.69) is 10.2 Å². The third-order valence-corrected chi connectivity index (χ3v) is 4.52. The summed E-state index contributed by atoms with van der Waals surface area (Å²) in [6.45, 7) is 4.10. The largest absolute Gasteiger partial charge is 0.465 e. The molecule has 0 aromatic carbocycles. The van der Waals surface area contributed by atoms with E-state index in [9.17, 15) is 9.59 Å². The molecule has 2 heterocycles. The number of thiophene rings is 1. The zero-order valence-corrected chi connectivity index (χ0v) is 12.5. The van der Waals surface area contributed by atoms with Crippen molar-refractivity contribution in [2.24, 2.45) is 0 Å². The van der Waals surface area contributed by atoms with Crippen LogP contribution < -0.4 is 16.0 Å². The molecule has 0 aliphatic carbocycles. The highest BCUT2D eigenvalue weighted by atomic mass is 32.1. The summed E-state index contributed by atoms with van der Waals surface area (Å²) in [5.74, 6) is -0.734. The van der Waals surface area contributed by atoms with Crippen molar-refractivity contribution >= 4 is 33.9 Å². The van der Waals surface area contributed by atoms with E-state index in [4.69, 9.17) is 10.5 Å². The number of rotatable bonds is 4. The molecule has 1 aliphatic rings. The molecule has 0 saturated carbocycles. The zero-order chi connectivity index (χ0) is 14.7. The minimum atomic E-state index is -0.490. The predicted octanol–water partition coefficient (Wildman–Crippen LogP) is 1.47. The molecule has 0 spiro atoms. The van der Waals surface area contributed by atoms with Crippen molar-refractivity contribution < 1.29 is 14.3 Å².